The summed E-state index contributed by atoms with van der Waals surface area (Å²) in [5.74, 6) is -0.618. The molecule has 0 atom stereocenters. The van der Waals surface area contributed by atoms with Gasteiger partial charge in [0.05, 0.1) is 11.1 Å². The van der Waals surface area contributed by atoms with Crippen molar-refractivity contribution in [3.63, 3.8) is 0 Å². The van der Waals surface area contributed by atoms with Crippen molar-refractivity contribution in [1.82, 2.24) is 4.90 Å². The largest absolute Gasteiger partial charge is 0.312 e. The second-order valence-corrected chi connectivity index (χ2v) is 7.11. The van der Waals surface area contributed by atoms with Gasteiger partial charge in [-0.1, -0.05) is 12.1 Å². The number of carbonyl (C=O) groups is 4. The molecule has 2 aromatic rings. The summed E-state index contributed by atoms with van der Waals surface area (Å²) in [6.07, 6.45) is 1.39. The maximum Gasteiger partial charge on any atom is 0.261 e. The first kappa shape index (κ1) is 18.1. The molecule has 142 valence electrons. The van der Waals surface area contributed by atoms with Gasteiger partial charge in [0, 0.05) is 30.8 Å². The summed E-state index contributed by atoms with van der Waals surface area (Å²) in [6, 6.07) is 12.2. The van der Waals surface area contributed by atoms with Crippen LogP contribution in [0.25, 0.3) is 0 Å². The van der Waals surface area contributed by atoms with Gasteiger partial charge in [-0.15, -0.1) is 0 Å². The van der Waals surface area contributed by atoms with E-state index in [1.54, 1.807) is 35.2 Å². The molecule has 2 aliphatic heterocycles. The van der Waals surface area contributed by atoms with E-state index in [1.165, 1.54) is 11.8 Å². The third-order valence-electron chi connectivity index (χ3n) is 5.33. The van der Waals surface area contributed by atoms with Crippen LogP contribution in [0.15, 0.2) is 42.5 Å². The van der Waals surface area contributed by atoms with Crippen molar-refractivity contribution in [3.8, 4) is 0 Å². The molecular formula is C22H20N2O4. The van der Waals surface area contributed by atoms with Crippen molar-refractivity contribution < 1.29 is 19.2 Å². The fourth-order valence-corrected chi connectivity index (χ4v) is 3.85. The second-order valence-electron chi connectivity index (χ2n) is 7.11. The maximum absolute atomic E-state index is 12.7. The van der Waals surface area contributed by atoms with Crippen LogP contribution in [0, 0.1) is 0 Å². The van der Waals surface area contributed by atoms with Gasteiger partial charge < -0.3 is 4.90 Å². The number of benzene rings is 2. The Morgan fingerprint density at radius 2 is 1.68 bits per heavy atom. The van der Waals surface area contributed by atoms with Gasteiger partial charge in [-0.2, -0.15) is 0 Å². The summed E-state index contributed by atoms with van der Waals surface area (Å²) in [4.78, 5) is 51.9. The van der Waals surface area contributed by atoms with Gasteiger partial charge >= 0.3 is 0 Å². The summed E-state index contributed by atoms with van der Waals surface area (Å²) in [7, 11) is 0. The number of hydrogen-bond donors (Lipinski definition) is 0. The number of carbonyl (C=O) groups excluding carboxylic acids is 4. The van der Waals surface area contributed by atoms with E-state index >= 15 is 0 Å². The first-order valence-electron chi connectivity index (χ1n) is 9.37. The fourth-order valence-electron chi connectivity index (χ4n) is 3.85. The number of rotatable bonds is 5. The molecule has 2 aromatic carbocycles. The zero-order valence-corrected chi connectivity index (χ0v) is 15.6. The minimum atomic E-state index is -0.295. The first-order valence-corrected chi connectivity index (χ1v) is 9.37. The van der Waals surface area contributed by atoms with Crippen molar-refractivity contribution in [1.29, 1.82) is 0 Å². The van der Waals surface area contributed by atoms with Crippen LogP contribution in [0.4, 0.5) is 5.69 Å². The Morgan fingerprint density at radius 1 is 1.00 bits per heavy atom. The van der Waals surface area contributed by atoms with Gasteiger partial charge in [0.2, 0.25) is 5.91 Å². The molecule has 6 nitrogen and oxygen atoms in total. The van der Waals surface area contributed by atoms with Crippen molar-refractivity contribution in [3.05, 3.63) is 64.7 Å². The number of anilines is 1. The number of ketones is 1. The van der Waals surface area contributed by atoms with Gasteiger partial charge in [-0.05, 0) is 55.7 Å². The van der Waals surface area contributed by atoms with Gasteiger partial charge in [-0.3, -0.25) is 24.1 Å². The second kappa shape index (κ2) is 7.03. The number of fused-ring (bicyclic) bond motifs is 2. The molecule has 0 N–H and O–H groups in total. The minimum absolute atomic E-state index is 0.00789. The van der Waals surface area contributed by atoms with E-state index in [4.69, 9.17) is 0 Å². The predicted molar refractivity (Wildman–Crippen MR) is 104 cm³/mol. The zero-order valence-electron chi connectivity index (χ0n) is 15.6. The Hall–Kier alpha value is -3.28. The van der Waals surface area contributed by atoms with E-state index in [-0.39, 0.29) is 36.5 Å². The molecule has 0 spiro atoms. The molecule has 2 heterocycles. The van der Waals surface area contributed by atoms with Crippen LogP contribution >= 0.6 is 0 Å². The first-order chi connectivity index (χ1) is 13.5. The third kappa shape index (κ3) is 3.01. The molecule has 0 saturated carbocycles. The van der Waals surface area contributed by atoms with Crippen LogP contribution in [-0.2, 0) is 11.2 Å². The number of nitrogens with zero attached hydrogens (tertiary/aromatic N) is 2. The van der Waals surface area contributed by atoms with Gasteiger partial charge in [0.25, 0.3) is 11.8 Å². The molecule has 2 aliphatic rings. The molecular weight excluding hydrogens is 356 g/mol. The molecule has 0 radical (unpaired) electrons. The minimum Gasteiger partial charge on any atom is -0.312 e. The van der Waals surface area contributed by atoms with Crippen LogP contribution in [-0.4, -0.2) is 41.5 Å². The number of hydrogen-bond acceptors (Lipinski definition) is 4. The molecule has 0 aromatic heterocycles. The average molecular weight is 376 g/mol. The lowest BCUT2D eigenvalue weighted by molar-refractivity contribution is -0.118. The highest BCUT2D eigenvalue weighted by Gasteiger charge is 2.35. The topological polar surface area (TPSA) is 74.8 Å². The highest BCUT2D eigenvalue weighted by molar-refractivity contribution is 6.21. The molecule has 0 aliphatic carbocycles. The lowest BCUT2D eigenvalue weighted by Crippen LogP contribution is -2.33. The quantitative estimate of drug-likeness (QED) is 0.594. The Bertz CT molecular complexity index is 976. The lowest BCUT2D eigenvalue weighted by atomic mass is 10.1. The average Bonchev–Trinajstić information content (AvgIpc) is 3.22. The van der Waals surface area contributed by atoms with Gasteiger partial charge in [-0.25, -0.2) is 0 Å². The van der Waals surface area contributed by atoms with Crippen LogP contribution in [0.5, 0.6) is 0 Å². The third-order valence-corrected chi connectivity index (χ3v) is 5.33. The predicted octanol–water partition coefficient (Wildman–Crippen LogP) is 2.85. The number of Topliss-reactive ketones (excluding diaryl/α,β-unsaturated/α-hetero) is 1. The van der Waals surface area contributed by atoms with Crippen LogP contribution in [0.2, 0.25) is 0 Å². The summed E-state index contributed by atoms with van der Waals surface area (Å²) in [5.41, 5.74) is 3.35. The molecule has 0 saturated heterocycles. The van der Waals surface area contributed by atoms with Gasteiger partial charge in [0.1, 0.15) is 0 Å². The highest BCUT2D eigenvalue weighted by atomic mass is 16.2. The molecule has 28 heavy (non-hydrogen) atoms. The van der Waals surface area contributed by atoms with Crippen molar-refractivity contribution in [2.24, 2.45) is 0 Å². The lowest BCUT2D eigenvalue weighted by Gasteiger charge is -2.19. The molecule has 0 bridgehead atoms. The van der Waals surface area contributed by atoms with Crippen molar-refractivity contribution in [2.45, 2.75) is 26.2 Å². The van der Waals surface area contributed by atoms with E-state index in [2.05, 4.69) is 0 Å². The molecule has 0 fully saturated rings. The summed E-state index contributed by atoms with van der Waals surface area (Å²) in [5, 5.41) is 0. The molecule has 0 unspecified atom stereocenters. The van der Waals surface area contributed by atoms with Crippen molar-refractivity contribution in [2.75, 3.05) is 18.0 Å². The summed E-state index contributed by atoms with van der Waals surface area (Å²) < 4.78 is 0. The zero-order chi connectivity index (χ0) is 19.8. The van der Waals surface area contributed by atoms with Crippen LogP contribution in [0.1, 0.15) is 56.4 Å². The van der Waals surface area contributed by atoms with Gasteiger partial charge in [0.15, 0.2) is 5.78 Å². The van der Waals surface area contributed by atoms with E-state index in [9.17, 15) is 19.2 Å². The number of imide groups is 1. The Kier molecular flexibility index (Phi) is 4.55. The summed E-state index contributed by atoms with van der Waals surface area (Å²) >= 11 is 0. The van der Waals surface area contributed by atoms with E-state index in [0.717, 1.165) is 17.7 Å². The van der Waals surface area contributed by atoms with Crippen LogP contribution in [0.3, 0.4) is 0 Å². The fraction of sp³-hybridized carbons (Fsp3) is 0.273. The Morgan fingerprint density at radius 3 is 2.32 bits per heavy atom. The maximum atomic E-state index is 12.7. The Labute approximate surface area is 162 Å². The standard InChI is InChI=1S/C22H20N2O4/c1-14(25)15-8-9-19-16(13-15)10-12-23(19)20(26)7-4-11-24-21(27)17-5-2-3-6-18(17)22(24)28/h2-3,5-6,8-9,13H,4,7,10-12H2,1H3. The van der Waals surface area contributed by atoms with E-state index in [1.807, 2.05) is 12.1 Å². The van der Waals surface area contributed by atoms with Crippen LogP contribution < -0.4 is 4.90 Å². The molecule has 3 amide bonds. The molecule has 4 rings (SSSR count). The van der Waals surface area contributed by atoms with E-state index in [0.29, 0.717) is 29.7 Å². The summed E-state index contributed by atoms with van der Waals surface area (Å²) in [6.45, 7) is 2.34. The smallest absolute Gasteiger partial charge is 0.261 e. The highest BCUT2D eigenvalue weighted by Crippen LogP contribution is 2.30. The Balaban J connectivity index is 1.37. The van der Waals surface area contributed by atoms with E-state index < -0.39 is 0 Å². The molecule has 6 heteroatoms. The normalized spacial score (nSPS) is 15.0. The number of amides is 3. The SMILES string of the molecule is CC(=O)c1ccc2c(c1)CCN2C(=O)CCCN1C(=O)c2ccccc2C1=O. The van der Waals surface area contributed by atoms with Crippen molar-refractivity contribution >= 4 is 29.2 Å². The monoisotopic (exact) mass is 376 g/mol.